The van der Waals surface area contributed by atoms with Gasteiger partial charge in [0.05, 0.1) is 5.56 Å². The van der Waals surface area contributed by atoms with Gasteiger partial charge in [-0.3, -0.25) is 14.7 Å². The Balaban J connectivity index is 0.000000271. The van der Waals surface area contributed by atoms with Gasteiger partial charge in [0.2, 0.25) is 0 Å². The van der Waals surface area contributed by atoms with Gasteiger partial charge >= 0.3 is 5.97 Å². The van der Waals surface area contributed by atoms with Crippen molar-refractivity contribution in [1.29, 1.82) is 0 Å². The lowest BCUT2D eigenvalue weighted by atomic mass is 9.89. The highest BCUT2D eigenvalue weighted by Crippen LogP contribution is 2.31. The standard InChI is InChI=1S/C21H23NO4.C6H5NO2/c23-17-7-5-15(6-8-17)21(24)16-9-11-22(12-10-16)13-18-14-25-19-3-1-2-4-20(19)26-18;8-6(9)5-2-1-3-7-4-5/h1-8,16,18,23H,9-14H2;1-4H,(H,8,9). The van der Waals surface area contributed by atoms with Gasteiger partial charge in [-0.2, -0.15) is 0 Å². The summed E-state index contributed by atoms with van der Waals surface area (Å²) in [5, 5.41) is 17.7. The Kier molecular flexibility index (Phi) is 7.95. The molecule has 3 aromatic rings. The number of carbonyl (C=O) groups excluding carboxylic acids is 1. The quantitative estimate of drug-likeness (QED) is 0.534. The molecule has 2 aliphatic rings. The molecule has 0 spiro atoms. The molecule has 1 saturated heterocycles. The molecule has 1 atom stereocenters. The van der Waals surface area contributed by atoms with E-state index in [-0.39, 0.29) is 29.1 Å². The van der Waals surface area contributed by atoms with Crippen molar-refractivity contribution in [2.45, 2.75) is 18.9 Å². The summed E-state index contributed by atoms with van der Waals surface area (Å²) in [6.45, 7) is 3.14. The van der Waals surface area contributed by atoms with Gasteiger partial charge in [-0.25, -0.2) is 4.79 Å². The average molecular weight is 477 g/mol. The van der Waals surface area contributed by atoms with E-state index in [9.17, 15) is 14.7 Å². The summed E-state index contributed by atoms with van der Waals surface area (Å²) in [5.74, 6) is 1.09. The first-order valence-electron chi connectivity index (χ1n) is 11.6. The predicted molar refractivity (Wildman–Crippen MR) is 129 cm³/mol. The molecule has 0 radical (unpaired) electrons. The number of phenolic OH excluding ortho intramolecular Hbond substituents is 1. The largest absolute Gasteiger partial charge is 0.508 e. The summed E-state index contributed by atoms with van der Waals surface area (Å²) in [6.07, 6.45) is 4.57. The van der Waals surface area contributed by atoms with E-state index < -0.39 is 5.97 Å². The van der Waals surface area contributed by atoms with Crippen LogP contribution < -0.4 is 9.47 Å². The van der Waals surface area contributed by atoms with E-state index in [0.29, 0.717) is 12.2 Å². The Labute approximate surface area is 203 Å². The third-order valence-electron chi connectivity index (χ3n) is 6.05. The third kappa shape index (κ3) is 6.58. The Morgan fingerprint density at radius 3 is 2.29 bits per heavy atom. The number of carboxylic acid groups (broad SMARTS) is 1. The second kappa shape index (κ2) is 11.5. The summed E-state index contributed by atoms with van der Waals surface area (Å²) in [5.41, 5.74) is 0.902. The highest BCUT2D eigenvalue weighted by atomic mass is 16.6. The van der Waals surface area contributed by atoms with Crippen LogP contribution in [0.4, 0.5) is 0 Å². The lowest BCUT2D eigenvalue weighted by molar-refractivity contribution is 0.0462. The minimum Gasteiger partial charge on any atom is -0.508 e. The van der Waals surface area contributed by atoms with Crippen LogP contribution in [-0.2, 0) is 0 Å². The zero-order valence-electron chi connectivity index (χ0n) is 19.2. The molecule has 0 aliphatic carbocycles. The fourth-order valence-electron chi connectivity index (χ4n) is 4.17. The van der Waals surface area contributed by atoms with Crippen molar-refractivity contribution in [3.05, 3.63) is 84.2 Å². The van der Waals surface area contributed by atoms with Crippen molar-refractivity contribution >= 4 is 11.8 Å². The van der Waals surface area contributed by atoms with Crippen molar-refractivity contribution in [1.82, 2.24) is 9.88 Å². The topological polar surface area (TPSA) is 109 Å². The Hall–Kier alpha value is -3.91. The van der Waals surface area contributed by atoms with E-state index in [2.05, 4.69) is 9.88 Å². The Morgan fingerprint density at radius 1 is 0.943 bits per heavy atom. The zero-order valence-corrected chi connectivity index (χ0v) is 19.2. The third-order valence-corrected chi connectivity index (χ3v) is 6.05. The number of likely N-dealkylation sites (tertiary alicyclic amines) is 1. The number of phenols is 1. The molecule has 1 aromatic heterocycles. The smallest absolute Gasteiger partial charge is 0.337 e. The van der Waals surface area contributed by atoms with E-state index in [1.807, 2.05) is 24.3 Å². The predicted octanol–water partition coefficient (Wildman–Crippen LogP) is 3.91. The fourth-order valence-corrected chi connectivity index (χ4v) is 4.17. The van der Waals surface area contributed by atoms with E-state index in [0.717, 1.165) is 44.0 Å². The molecule has 8 heteroatoms. The van der Waals surface area contributed by atoms with Crippen LogP contribution in [0.15, 0.2) is 73.1 Å². The number of pyridine rings is 1. The number of piperidine rings is 1. The summed E-state index contributed by atoms with van der Waals surface area (Å²) in [4.78, 5) is 28.7. The first kappa shape index (κ1) is 24.2. The van der Waals surface area contributed by atoms with Gasteiger partial charge in [-0.1, -0.05) is 12.1 Å². The van der Waals surface area contributed by atoms with Crippen molar-refractivity contribution in [2.24, 2.45) is 5.92 Å². The van der Waals surface area contributed by atoms with E-state index >= 15 is 0 Å². The number of ether oxygens (including phenoxy) is 2. The van der Waals surface area contributed by atoms with Gasteiger partial charge in [0.15, 0.2) is 17.3 Å². The normalized spacial score (nSPS) is 17.7. The second-order valence-corrected chi connectivity index (χ2v) is 8.53. The van der Waals surface area contributed by atoms with Gasteiger partial charge in [-0.15, -0.1) is 0 Å². The van der Waals surface area contributed by atoms with Crippen LogP contribution in [0.5, 0.6) is 17.2 Å². The summed E-state index contributed by atoms with van der Waals surface area (Å²) >= 11 is 0. The number of carboxylic acids is 1. The van der Waals surface area contributed by atoms with E-state index in [1.54, 1.807) is 30.3 Å². The molecule has 0 bridgehead atoms. The fraction of sp³-hybridized carbons (Fsp3) is 0.296. The number of aromatic carboxylic acids is 1. The average Bonchev–Trinajstić information content (AvgIpc) is 2.90. The number of fused-ring (bicyclic) bond motifs is 1. The van der Waals surface area contributed by atoms with Gasteiger partial charge in [-0.05, 0) is 74.5 Å². The monoisotopic (exact) mass is 476 g/mol. The number of hydrogen-bond donors (Lipinski definition) is 2. The zero-order chi connectivity index (χ0) is 24.6. The number of aromatic nitrogens is 1. The maximum absolute atomic E-state index is 12.6. The molecule has 182 valence electrons. The van der Waals surface area contributed by atoms with E-state index in [4.69, 9.17) is 14.6 Å². The lowest BCUT2D eigenvalue weighted by Crippen LogP contribution is -2.45. The maximum Gasteiger partial charge on any atom is 0.337 e. The first-order valence-corrected chi connectivity index (χ1v) is 11.6. The molecule has 2 N–H and O–H groups in total. The SMILES string of the molecule is O=C(O)c1cccnc1.O=C(c1ccc(O)cc1)C1CCN(CC2COc3ccccc3O2)CC1. The van der Waals surface area contributed by atoms with Crippen LogP contribution in [0.2, 0.25) is 0 Å². The number of hydrogen-bond acceptors (Lipinski definition) is 7. The number of carbonyl (C=O) groups is 2. The summed E-state index contributed by atoms with van der Waals surface area (Å²) < 4.78 is 11.8. The first-order chi connectivity index (χ1) is 17.0. The number of rotatable bonds is 5. The Bertz CT molecular complexity index is 1130. The molecule has 0 amide bonds. The molecular weight excluding hydrogens is 448 g/mol. The second-order valence-electron chi connectivity index (χ2n) is 8.53. The molecular formula is C27H28N2O6. The molecule has 5 rings (SSSR count). The van der Waals surface area contributed by atoms with Crippen LogP contribution in [0.3, 0.4) is 0 Å². The molecule has 3 heterocycles. The molecule has 8 nitrogen and oxygen atoms in total. The number of Topliss-reactive ketones (excluding diaryl/α,β-unsaturated/α-hetero) is 1. The van der Waals surface area contributed by atoms with Crippen LogP contribution in [0.25, 0.3) is 0 Å². The van der Waals surface area contributed by atoms with Gasteiger partial charge in [0.25, 0.3) is 0 Å². The minimum absolute atomic E-state index is 0.0225. The number of nitrogens with zero attached hydrogens (tertiary/aromatic N) is 2. The van der Waals surface area contributed by atoms with Gasteiger partial charge in [0.1, 0.15) is 18.5 Å². The van der Waals surface area contributed by atoms with E-state index in [1.165, 1.54) is 18.5 Å². The maximum atomic E-state index is 12.6. The Morgan fingerprint density at radius 2 is 1.66 bits per heavy atom. The molecule has 35 heavy (non-hydrogen) atoms. The van der Waals surface area contributed by atoms with Gasteiger partial charge < -0.3 is 19.7 Å². The summed E-state index contributed by atoms with van der Waals surface area (Å²) in [7, 11) is 0. The molecule has 1 unspecified atom stereocenters. The number of ketones is 1. The number of benzene rings is 2. The molecule has 2 aromatic carbocycles. The molecule has 0 saturated carbocycles. The minimum atomic E-state index is -0.942. The lowest BCUT2D eigenvalue weighted by Gasteiger charge is -2.35. The number of aromatic hydroxyl groups is 1. The van der Waals surface area contributed by atoms with Crippen molar-refractivity contribution in [2.75, 3.05) is 26.2 Å². The van der Waals surface area contributed by atoms with Crippen molar-refractivity contribution in [3.63, 3.8) is 0 Å². The highest BCUT2D eigenvalue weighted by Gasteiger charge is 2.29. The van der Waals surface area contributed by atoms with Crippen LogP contribution in [0.1, 0.15) is 33.6 Å². The van der Waals surface area contributed by atoms with Crippen molar-refractivity contribution < 1.29 is 29.3 Å². The molecule has 2 aliphatic heterocycles. The van der Waals surface area contributed by atoms with Crippen LogP contribution >= 0.6 is 0 Å². The van der Waals surface area contributed by atoms with Crippen LogP contribution in [0, 0.1) is 5.92 Å². The number of para-hydroxylation sites is 2. The van der Waals surface area contributed by atoms with Crippen molar-refractivity contribution in [3.8, 4) is 17.2 Å². The summed E-state index contributed by atoms with van der Waals surface area (Å²) in [6, 6.07) is 17.4. The highest BCUT2D eigenvalue weighted by molar-refractivity contribution is 5.98. The van der Waals surface area contributed by atoms with Crippen LogP contribution in [-0.4, -0.2) is 64.2 Å². The molecule has 1 fully saturated rings. The van der Waals surface area contributed by atoms with Gasteiger partial charge in [0, 0.05) is 30.4 Å².